The Balaban J connectivity index is 1.51. The number of pyridine rings is 1. The van der Waals surface area contributed by atoms with Crippen molar-refractivity contribution in [1.82, 2.24) is 9.88 Å². The summed E-state index contributed by atoms with van der Waals surface area (Å²) < 4.78 is 0. The molecule has 5 heteroatoms. The van der Waals surface area contributed by atoms with E-state index >= 15 is 0 Å². The zero-order chi connectivity index (χ0) is 17.3. The van der Waals surface area contributed by atoms with Gasteiger partial charge in [-0.15, -0.1) is 0 Å². The molecule has 0 saturated carbocycles. The molecule has 132 valence electrons. The van der Waals surface area contributed by atoms with Gasteiger partial charge in [-0.2, -0.15) is 0 Å². The van der Waals surface area contributed by atoms with E-state index in [9.17, 15) is 4.79 Å². The Kier molecular flexibility index (Phi) is 6.40. The fourth-order valence-corrected chi connectivity index (χ4v) is 3.10. The lowest BCUT2D eigenvalue weighted by molar-refractivity contribution is -0.117. The number of aromatic nitrogens is 1. The third-order valence-electron chi connectivity index (χ3n) is 4.41. The number of hydrogen-bond donors (Lipinski definition) is 2. The molecular weight excluding hydrogens is 312 g/mol. The highest BCUT2D eigenvalue weighted by molar-refractivity contribution is 5.92. The van der Waals surface area contributed by atoms with Crippen molar-refractivity contribution in [3.05, 3.63) is 54.4 Å². The fourth-order valence-electron chi connectivity index (χ4n) is 3.10. The van der Waals surface area contributed by atoms with Gasteiger partial charge in [0.2, 0.25) is 5.91 Å². The molecular formula is C20H26N4O. The zero-order valence-electron chi connectivity index (χ0n) is 14.6. The molecule has 1 aliphatic rings. The van der Waals surface area contributed by atoms with Crippen LogP contribution in [-0.4, -0.2) is 35.4 Å². The molecule has 0 spiro atoms. The Morgan fingerprint density at radius 2 is 1.80 bits per heavy atom. The molecule has 5 nitrogen and oxygen atoms in total. The van der Waals surface area contributed by atoms with Crippen LogP contribution in [0.5, 0.6) is 0 Å². The fraction of sp³-hybridized carbons (Fsp3) is 0.400. The second-order valence-electron chi connectivity index (χ2n) is 6.49. The van der Waals surface area contributed by atoms with Gasteiger partial charge in [-0.1, -0.05) is 25.0 Å². The van der Waals surface area contributed by atoms with Gasteiger partial charge in [0.05, 0.1) is 18.8 Å². The Hall–Kier alpha value is -2.40. The Bertz CT molecular complexity index is 666. The standard InChI is InChI=1S/C20H26N4O/c25-20(16-24-12-5-1-2-6-13-24)23-18-10-7-9-17(14-18)22-15-19-8-3-4-11-21-19/h3-4,7-11,14,22H,1-2,5-6,12-13,15-16H2,(H,23,25). The first-order valence-corrected chi connectivity index (χ1v) is 9.06. The number of carbonyl (C=O) groups is 1. The van der Waals surface area contributed by atoms with Gasteiger partial charge in [-0.25, -0.2) is 0 Å². The van der Waals surface area contributed by atoms with Crippen LogP contribution in [0.15, 0.2) is 48.7 Å². The third-order valence-corrected chi connectivity index (χ3v) is 4.41. The number of likely N-dealkylation sites (tertiary alicyclic amines) is 1. The van der Waals surface area contributed by atoms with E-state index in [1.165, 1.54) is 25.7 Å². The summed E-state index contributed by atoms with van der Waals surface area (Å²) in [5.41, 5.74) is 2.78. The quantitative estimate of drug-likeness (QED) is 0.846. The van der Waals surface area contributed by atoms with Gasteiger partial charge >= 0.3 is 0 Å². The molecule has 25 heavy (non-hydrogen) atoms. The molecule has 0 aliphatic carbocycles. The number of hydrogen-bond acceptors (Lipinski definition) is 4. The number of benzene rings is 1. The van der Waals surface area contributed by atoms with Gasteiger partial charge < -0.3 is 10.6 Å². The molecule has 1 amide bonds. The summed E-state index contributed by atoms with van der Waals surface area (Å²) >= 11 is 0. The maximum Gasteiger partial charge on any atom is 0.238 e. The maximum atomic E-state index is 12.3. The van der Waals surface area contributed by atoms with E-state index in [1.54, 1.807) is 6.20 Å². The number of anilines is 2. The summed E-state index contributed by atoms with van der Waals surface area (Å²) in [5, 5.41) is 6.35. The van der Waals surface area contributed by atoms with Crippen molar-refractivity contribution in [2.45, 2.75) is 32.2 Å². The normalized spacial score (nSPS) is 15.4. The van der Waals surface area contributed by atoms with Crippen LogP contribution in [0.4, 0.5) is 11.4 Å². The molecule has 0 bridgehead atoms. The van der Waals surface area contributed by atoms with E-state index in [0.717, 1.165) is 30.2 Å². The molecule has 0 unspecified atom stereocenters. The van der Waals surface area contributed by atoms with E-state index in [-0.39, 0.29) is 5.91 Å². The van der Waals surface area contributed by atoms with Gasteiger partial charge in [0, 0.05) is 17.6 Å². The van der Waals surface area contributed by atoms with Crippen LogP contribution in [0.3, 0.4) is 0 Å². The first kappa shape index (κ1) is 17.4. The van der Waals surface area contributed by atoms with Crippen molar-refractivity contribution in [3.63, 3.8) is 0 Å². The van der Waals surface area contributed by atoms with Crippen molar-refractivity contribution < 1.29 is 4.79 Å². The molecule has 1 saturated heterocycles. The van der Waals surface area contributed by atoms with Gasteiger partial charge in [0.15, 0.2) is 0 Å². The molecule has 1 aliphatic heterocycles. The Morgan fingerprint density at radius 3 is 2.56 bits per heavy atom. The minimum absolute atomic E-state index is 0.0591. The highest BCUT2D eigenvalue weighted by Crippen LogP contribution is 2.16. The van der Waals surface area contributed by atoms with Crippen molar-refractivity contribution in [2.75, 3.05) is 30.3 Å². The summed E-state index contributed by atoms with van der Waals surface area (Å²) in [6.07, 6.45) is 6.74. The Labute approximate surface area is 149 Å². The summed E-state index contributed by atoms with van der Waals surface area (Å²) in [6, 6.07) is 13.7. The van der Waals surface area contributed by atoms with E-state index in [0.29, 0.717) is 13.1 Å². The Morgan fingerprint density at radius 1 is 1.00 bits per heavy atom. The zero-order valence-corrected chi connectivity index (χ0v) is 14.6. The van der Waals surface area contributed by atoms with Crippen molar-refractivity contribution >= 4 is 17.3 Å². The van der Waals surface area contributed by atoms with Crippen molar-refractivity contribution in [1.29, 1.82) is 0 Å². The minimum Gasteiger partial charge on any atom is -0.379 e. The number of nitrogens with one attached hydrogen (secondary N) is 2. The number of rotatable bonds is 6. The topological polar surface area (TPSA) is 57.3 Å². The molecule has 2 N–H and O–H groups in total. The predicted octanol–water partition coefficient (Wildman–Crippen LogP) is 3.51. The van der Waals surface area contributed by atoms with Gasteiger partial charge in [0.1, 0.15) is 0 Å². The van der Waals surface area contributed by atoms with Gasteiger partial charge in [0.25, 0.3) is 0 Å². The smallest absolute Gasteiger partial charge is 0.238 e. The molecule has 0 radical (unpaired) electrons. The number of carbonyl (C=O) groups excluding carboxylic acids is 1. The second-order valence-corrected chi connectivity index (χ2v) is 6.49. The lowest BCUT2D eigenvalue weighted by Gasteiger charge is -2.19. The van der Waals surface area contributed by atoms with Crippen LogP contribution in [0, 0.1) is 0 Å². The van der Waals surface area contributed by atoms with Crippen LogP contribution >= 0.6 is 0 Å². The monoisotopic (exact) mass is 338 g/mol. The van der Waals surface area contributed by atoms with E-state index in [4.69, 9.17) is 0 Å². The third kappa shape index (κ3) is 5.87. The van der Waals surface area contributed by atoms with E-state index < -0.39 is 0 Å². The van der Waals surface area contributed by atoms with E-state index in [2.05, 4.69) is 20.5 Å². The molecule has 2 heterocycles. The lowest BCUT2D eigenvalue weighted by atomic mass is 10.2. The van der Waals surface area contributed by atoms with Crippen LogP contribution < -0.4 is 10.6 Å². The molecule has 0 atom stereocenters. The largest absolute Gasteiger partial charge is 0.379 e. The van der Waals surface area contributed by atoms with E-state index in [1.807, 2.05) is 42.5 Å². The predicted molar refractivity (Wildman–Crippen MR) is 102 cm³/mol. The second kappa shape index (κ2) is 9.18. The van der Waals surface area contributed by atoms with Crippen LogP contribution in [-0.2, 0) is 11.3 Å². The minimum atomic E-state index is 0.0591. The lowest BCUT2D eigenvalue weighted by Crippen LogP contribution is -2.33. The summed E-state index contributed by atoms with van der Waals surface area (Å²) in [4.78, 5) is 18.9. The van der Waals surface area contributed by atoms with Crippen molar-refractivity contribution in [3.8, 4) is 0 Å². The first-order valence-electron chi connectivity index (χ1n) is 9.06. The van der Waals surface area contributed by atoms with Crippen molar-refractivity contribution in [2.24, 2.45) is 0 Å². The number of amides is 1. The van der Waals surface area contributed by atoms with Gasteiger partial charge in [-0.3, -0.25) is 14.7 Å². The van der Waals surface area contributed by atoms with Gasteiger partial charge in [-0.05, 0) is 56.3 Å². The summed E-state index contributed by atoms with van der Waals surface area (Å²) in [6.45, 7) is 3.19. The molecule has 1 fully saturated rings. The first-order chi connectivity index (χ1) is 12.3. The van der Waals surface area contributed by atoms with Crippen LogP contribution in [0.1, 0.15) is 31.4 Å². The molecule has 1 aromatic carbocycles. The summed E-state index contributed by atoms with van der Waals surface area (Å²) in [5.74, 6) is 0.0591. The SMILES string of the molecule is O=C(CN1CCCCCC1)Nc1cccc(NCc2ccccn2)c1. The van der Waals surface area contributed by atoms with Crippen LogP contribution in [0.25, 0.3) is 0 Å². The molecule has 2 aromatic rings. The average Bonchev–Trinajstić information content (AvgIpc) is 2.90. The highest BCUT2D eigenvalue weighted by Gasteiger charge is 2.13. The summed E-state index contributed by atoms with van der Waals surface area (Å²) in [7, 11) is 0. The molecule has 1 aromatic heterocycles. The number of nitrogens with zero attached hydrogens (tertiary/aromatic N) is 2. The van der Waals surface area contributed by atoms with Crippen LogP contribution in [0.2, 0.25) is 0 Å². The maximum absolute atomic E-state index is 12.3. The average molecular weight is 338 g/mol. The molecule has 3 rings (SSSR count). The highest BCUT2D eigenvalue weighted by atomic mass is 16.2.